The number of carbonyl (C=O) groups is 2. The average molecular weight is 341 g/mol. The zero-order chi connectivity index (χ0) is 16.9. The number of amides is 1. The van der Waals surface area contributed by atoms with E-state index < -0.39 is 5.97 Å². The molecule has 0 bridgehead atoms. The van der Waals surface area contributed by atoms with Crippen molar-refractivity contribution >= 4 is 28.3 Å². The molecular weight excluding hydrogens is 326 g/mol. The molecule has 24 heavy (non-hydrogen) atoms. The van der Waals surface area contributed by atoms with Crippen LogP contribution in [0, 0.1) is 11.8 Å². The van der Waals surface area contributed by atoms with Crippen molar-refractivity contribution in [3.63, 3.8) is 0 Å². The molecule has 1 amide bonds. The lowest BCUT2D eigenvalue weighted by Gasteiger charge is -2.33. The number of nitrogens with zero attached hydrogens (tertiary/aromatic N) is 3. The monoisotopic (exact) mass is 341 g/mol. The maximum Gasteiger partial charge on any atom is 0.335 e. The van der Waals surface area contributed by atoms with Crippen LogP contribution in [0.2, 0.25) is 0 Å². The molecule has 0 unspecified atom stereocenters. The maximum atomic E-state index is 12.2. The fourth-order valence-electron chi connectivity index (χ4n) is 2.41. The molecular formula is C17H15N3O3S. The Kier molecular flexibility index (Phi) is 4.77. The second-order valence-corrected chi connectivity index (χ2v) is 6.10. The number of piperazine rings is 1. The smallest absolute Gasteiger partial charge is 0.335 e. The van der Waals surface area contributed by atoms with Crippen LogP contribution in [0.1, 0.15) is 15.9 Å². The van der Waals surface area contributed by atoms with E-state index in [1.165, 1.54) is 12.1 Å². The van der Waals surface area contributed by atoms with Gasteiger partial charge in [0.1, 0.15) is 0 Å². The second kappa shape index (κ2) is 7.15. The Morgan fingerprint density at radius 3 is 2.67 bits per heavy atom. The summed E-state index contributed by atoms with van der Waals surface area (Å²) in [6, 6.07) is 6.26. The molecule has 1 fully saturated rings. The zero-order valence-corrected chi connectivity index (χ0v) is 13.6. The molecule has 1 aliphatic rings. The summed E-state index contributed by atoms with van der Waals surface area (Å²) in [6.45, 7) is 2.66. The fourth-order valence-corrected chi connectivity index (χ4v) is 3.10. The van der Waals surface area contributed by atoms with Crippen molar-refractivity contribution in [1.82, 2.24) is 9.88 Å². The third kappa shape index (κ3) is 3.73. The summed E-state index contributed by atoms with van der Waals surface area (Å²) in [6.07, 6.45) is 1.77. The highest BCUT2D eigenvalue weighted by atomic mass is 32.1. The molecule has 1 aliphatic heterocycles. The number of hydrogen-bond donors (Lipinski definition) is 1. The van der Waals surface area contributed by atoms with Gasteiger partial charge in [0.05, 0.1) is 5.56 Å². The topological polar surface area (TPSA) is 73.7 Å². The summed E-state index contributed by atoms with van der Waals surface area (Å²) in [5, 5.41) is 11.9. The lowest BCUT2D eigenvalue weighted by Crippen LogP contribution is -2.48. The van der Waals surface area contributed by atoms with Gasteiger partial charge in [-0.05, 0) is 18.2 Å². The largest absolute Gasteiger partial charge is 0.478 e. The molecule has 3 rings (SSSR count). The maximum absolute atomic E-state index is 12.2. The molecule has 0 saturated carbocycles. The van der Waals surface area contributed by atoms with Crippen molar-refractivity contribution in [1.29, 1.82) is 0 Å². The van der Waals surface area contributed by atoms with Crippen molar-refractivity contribution in [2.75, 3.05) is 31.1 Å². The van der Waals surface area contributed by atoms with E-state index in [0.717, 1.165) is 18.2 Å². The number of aromatic nitrogens is 1. The lowest BCUT2D eigenvalue weighted by atomic mass is 10.1. The summed E-state index contributed by atoms with van der Waals surface area (Å²) < 4.78 is 0. The molecule has 1 aromatic heterocycles. The van der Waals surface area contributed by atoms with E-state index in [1.807, 2.05) is 5.38 Å². The number of rotatable bonds is 2. The number of benzene rings is 1. The third-order valence-corrected chi connectivity index (χ3v) is 4.51. The van der Waals surface area contributed by atoms with E-state index in [4.69, 9.17) is 5.11 Å². The Morgan fingerprint density at radius 2 is 2.00 bits per heavy atom. The van der Waals surface area contributed by atoms with Gasteiger partial charge in [0.15, 0.2) is 5.13 Å². The predicted octanol–water partition coefficient (Wildman–Crippen LogP) is 1.54. The van der Waals surface area contributed by atoms with Crippen molar-refractivity contribution in [2.24, 2.45) is 0 Å². The van der Waals surface area contributed by atoms with Crippen LogP contribution >= 0.6 is 11.3 Å². The van der Waals surface area contributed by atoms with Gasteiger partial charge in [-0.2, -0.15) is 0 Å². The zero-order valence-electron chi connectivity index (χ0n) is 12.8. The number of anilines is 1. The first-order valence-corrected chi connectivity index (χ1v) is 8.30. The van der Waals surface area contributed by atoms with E-state index in [2.05, 4.69) is 21.7 Å². The molecule has 0 atom stereocenters. The molecule has 1 N–H and O–H groups in total. The molecule has 122 valence electrons. The van der Waals surface area contributed by atoms with E-state index in [9.17, 15) is 9.59 Å². The van der Waals surface area contributed by atoms with Crippen molar-refractivity contribution in [2.45, 2.75) is 0 Å². The first kappa shape index (κ1) is 16.0. The molecule has 6 nitrogen and oxygen atoms in total. The molecule has 1 saturated heterocycles. The lowest BCUT2D eigenvalue weighted by molar-refractivity contribution is -0.125. The minimum atomic E-state index is -1.01. The molecule has 2 aromatic rings. The summed E-state index contributed by atoms with van der Waals surface area (Å²) >= 11 is 1.59. The standard InChI is InChI=1S/C17H15N3O3S/c21-15(5-4-13-2-1-3-14(12-13)16(22)23)19-7-9-20(10-8-19)17-18-6-11-24-17/h1-3,6,11-12H,7-10H2,(H,22,23). The summed E-state index contributed by atoms with van der Waals surface area (Å²) in [5.41, 5.74) is 0.677. The molecule has 1 aromatic carbocycles. The van der Waals surface area contributed by atoms with Gasteiger partial charge in [0.25, 0.3) is 5.91 Å². The van der Waals surface area contributed by atoms with Gasteiger partial charge >= 0.3 is 5.97 Å². The molecule has 0 aliphatic carbocycles. The van der Waals surface area contributed by atoms with Crippen LogP contribution < -0.4 is 4.90 Å². The highest BCUT2D eigenvalue weighted by Crippen LogP contribution is 2.18. The van der Waals surface area contributed by atoms with E-state index in [-0.39, 0.29) is 11.5 Å². The Bertz CT molecular complexity index is 800. The van der Waals surface area contributed by atoms with E-state index in [0.29, 0.717) is 18.7 Å². The van der Waals surface area contributed by atoms with Gasteiger partial charge in [0, 0.05) is 49.2 Å². The number of aromatic carboxylic acids is 1. The fraction of sp³-hybridized carbons (Fsp3) is 0.235. The Morgan fingerprint density at radius 1 is 1.21 bits per heavy atom. The molecule has 0 radical (unpaired) electrons. The SMILES string of the molecule is O=C(O)c1cccc(C#CC(=O)N2CCN(c3nccs3)CC2)c1. The van der Waals surface area contributed by atoms with Gasteiger partial charge in [-0.25, -0.2) is 9.78 Å². The number of hydrogen-bond acceptors (Lipinski definition) is 5. The van der Waals surface area contributed by atoms with Crippen LogP contribution in [0.4, 0.5) is 5.13 Å². The first-order valence-electron chi connectivity index (χ1n) is 7.42. The van der Waals surface area contributed by atoms with E-state index in [1.54, 1.807) is 34.6 Å². The predicted molar refractivity (Wildman–Crippen MR) is 91.2 cm³/mol. The summed E-state index contributed by atoms with van der Waals surface area (Å²) in [5.74, 6) is 4.09. The van der Waals surface area contributed by atoms with Gasteiger partial charge in [-0.3, -0.25) is 4.79 Å². The Hall–Kier alpha value is -2.85. The minimum Gasteiger partial charge on any atom is -0.478 e. The molecule has 7 heteroatoms. The Balaban J connectivity index is 1.61. The van der Waals surface area contributed by atoms with Crippen LogP contribution in [0.5, 0.6) is 0 Å². The molecule has 0 spiro atoms. The quantitative estimate of drug-likeness (QED) is 0.839. The van der Waals surface area contributed by atoms with Crippen molar-refractivity contribution in [3.8, 4) is 11.8 Å². The number of thiazole rings is 1. The number of carboxylic acid groups (broad SMARTS) is 1. The summed E-state index contributed by atoms with van der Waals surface area (Å²) in [4.78, 5) is 31.3. The first-order chi connectivity index (χ1) is 11.6. The highest BCUT2D eigenvalue weighted by Gasteiger charge is 2.21. The second-order valence-electron chi connectivity index (χ2n) is 5.23. The van der Waals surface area contributed by atoms with Gasteiger partial charge in [-0.1, -0.05) is 12.0 Å². The van der Waals surface area contributed by atoms with Crippen molar-refractivity contribution < 1.29 is 14.7 Å². The third-order valence-electron chi connectivity index (χ3n) is 3.68. The Labute approximate surface area is 143 Å². The van der Waals surface area contributed by atoms with Gasteiger partial charge in [-0.15, -0.1) is 11.3 Å². The van der Waals surface area contributed by atoms with Gasteiger partial charge in [0.2, 0.25) is 0 Å². The van der Waals surface area contributed by atoms with Crippen LogP contribution in [-0.4, -0.2) is 53.0 Å². The minimum absolute atomic E-state index is 0.159. The normalized spacial score (nSPS) is 14.0. The van der Waals surface area contributed by atoms with E-state index >= 15 is 0 Å². The van der Waals surface area contributed by atoms with Crippen LogP contribution in [0.15, 0.2) is 35.8 Å². The number of carboxylic acids is 1. The van der Waals surface area contributed by atoms with Crippen LogP contribution in [-0.2, 0) is 4.79 Å². The summed E-state index contributed by atoms with van der Waals surface area (Å²) in [7, 11) is 0. The molecule has 2 heterocycles. The highest BCUT2D eigenvalue weighted by molar-refractivity contribution is 7.13. The van der Waals surface area contributed by atoms with Crippen LogP contribution in [0.3, 0.4) is 0 Å². The number of carbonyl (C=O) groups excluding carboxylic acids is 1. The van der Waals surface area contributed by atoms with Gasteiger partial charge < -0.3 is 14.9 Å². The van der Waals surface area contributed by atoms with Crippen molar-refractivity contribution in [3.05, 3.63) is 47.0 Å². The van der Waals surface area contributed by atoms with Crippen LogP contribution in [0.25, 0.3) is 0 Å². The average Bonchev–Trinajstić information content (AvgIpc) is 3.14.